The van der Waals surface area contributed by atoms with Gasteiger partial charge in [0.1, 0.15) is 70.3 Å². The molecule has 11 heteroatoms. The van der Waals surface area contributed by atoms with Crippen molar-refractivity contribution in [2.24, 2.45) is 9.98 Å². The van der Waals surface area contributed by atoms with Gasteiger partial charge in [-0.2, -0.15) is 26.3 Å². The summed E-state index contributed by atoms with van der Waals surface area (Å²) in [6.45, 7) is 1.24. The van der Waals surface area contributed by atoms with Gasteiger partial charge in [-0.25, -0.2) is 27.5 Å². The molecule has 0 aromatic heterocycles. The molecule has 7 nitrogen and oxygen atoms in total. The summed E-state index contributed by atoms with van der Waals surface area (Å²) >= 11 is 0. The number of benzene rings is 3. The number of aliphatic imine (C=N–C) groups is 2. The fourth-order valence-corrected chi connectivity index (χ4v) is 4.57. The summed E-state index contributed by atoms with van der Waals surface area (Å²) in [6.07, 6.45) is 0. The molecule has 192 valence electrons. The van der Waals surface area contributed by atoms with Crippen molar-refractivity contribution in [2.75, 3.05) is 0 Å². The fraction of sp³-hybridized carbons (Fsp3) is 0.0333. The van der Waals surface area contributed by atoms with Crippen LogP contribution in [0.15, 0.2) is 57.5 Å². The predicted molar refractivity (Wildman–Crippen MR) is 137 cm³/mol. The van der Waals surface area contributed by atoms with E-state index in [1.165, 1.54) is 25.1 Å². The monoisotopic (exact) mass is 543 g/mol. The average molecular weight is 543 g/mol. The molecule has 2 aliphatic rings. The van der Waals surface area contributed by atoms with Gasteiger partial charge in [0.2, 0.25) is 0 Å². The van der Waals surface area contributed by atoms with Gasteiger partial charge in [0.25, 0.3) is 0 Å². The fourth-order valence-electron chi connectivity index (χ4n) is 4.57. The molecule has 0 radical (unpaired) electrons. The van der Waals surface area contributed by atoms with Gasteiger partial charge < -0.3 is 0 Å². The van der Waals surface area contributed by atoms with Crippen molar-refractivity contribution in [1.82, 2.24) is 0 Å². The van der Waals surface area contributed by atoms with Crippen LogP contribution in [0.1, 0.15) is 33.4 Å². The van der Waals surface area contributed by atoms with Gasteiger partial charge in [-0.05, 0) is 43.3 Å². The highest BCUT2D eigenvalue weighted by Crippen LogP contribution is 2.48. The zero-order valence-electron chi connectivity index (χ0n) is 20.6. The Bertz CT molecular complexity index is 2020. The number of fused-ring (bicyclic) bond motifs is 2. The molecule has 5 rings (SSSR count). The summed E-state index contributed by atoms with van der Waals surface area (Å²) in [4.78, 5) is 8.83. The molecule has 3 aromatic carbocycles. The normalized spacial score (nSPS) is 12.6. The maximum Gasteiger partial charge on any atom is 0.144 e. The summed E-state index contributed by atoms with van der Waals surface area (Å²) in [5, 5.41) is 47.6. The third-order valence-corrected chi connectivity index (χ3v) is 6.52. The first-order valence-electron chi connectivity index (χ1n) is 11.5. The SMILES string of the molecule is Cc1c(F)cc(C2=Nc3cc4c(cc3C2=C(C#N)C#N)N=C(c2cc(F)c(C#N)c(F)c2)C4=C(C#N)C#N)cc1F. The number of allylic oxidation sites excluding steroid dienone is 4. The van der Waals surface area contributed by atoms with Crippen LogP contribution in [-0.4, -0.2) is 11.4 Å². The van der Waals surface area contributed by atoms with Crippen molar-refractivity contribution < 1.29 is 17.6 Å². The molecule has 0 unspecified atom stereocenters. The quantitative estimate of drug-likeness (QED) is 0.275. The van der Waals surface area contributed by atoms with Crippen LogP contribution in [0, 0.1) is 86.8 Å². The molecule has 0 aliphatic carbocycles. The zero-order chi connectivity index (χ0) is 29.6. The van der Waals surface area contributed by atoms with Crippen molar-refractivity contribution in [3.63, 3.8) is 0 Å². The van der Waals surface area contributed by atoms with Crippen molar-refractivity contribution in [1.29, 1.82) is 26.3 Å². The highest BCUT2D eigenvalue weighted by molar-refractivity contribution is 6.40. The molecule has 0 bridgehead atoms. The third-order valence-electron chi connectivity index (χ3n) is 6.52. The van der Waals surface area contributed by atoms with Crippen molar-refractivity contribution >= 4 is 33.9 Å². The Balaban J connectivity index is 1.79. The lowest BCUT2D eigenvalue weighted by molar-refractivity contribution is 0.567. The lowest BCUT2D eigenvalue weighted by atomic mass is 9.90. The summed E-state index contributed by atoms with van der Waals surface area (Å²) in [5.74, 6) is -4.10. The Hall–Kier alpha value is -6.35. The van der Waals surface area contributed by atoms with E-state index in [1.807, 2.05) is 0 Å². The summed E-state index contributed by atoms with van der Waals surface area (Å²) in [5.41, 5.74) is -1.82. The van der Waals surface area contributed by atoms with E-state index >= 15 is 0 Å². The first kappa shape index (κ1) is 26.3. The second kappa shape index (κ2) is 9.75. The van der Waals surface area contributed by atoms with Crippen LogP contribution in [0.3, 0.4) is 0 Å². The molecule has 3 aromatic rings. The van der Waals surface area contributed by atoms with Crippen LogP contribution in [-0.2, 0) is 0 Å². The van der Waals surface area contributed by atoms with Gasteiger partial charge in [0.05, 0.1) is 22.8 Å². The molecular weight excluding hydrogens is 534 g/mol. The molecule has 0 saturated heterocycles. The first-order chi connectivity index (χ1) is 19.7. The third kappa shape index (κ3) is 4.01. The maximum absolute atomic E-state index is 14.5. The second-order valence-electron chi connectivity index (χ2n) is 8.75. The van der Waals surface area contributed by atoms with E-state index in [-0.39, 0.29) is 61.8 Å². The minimum atomic E-state index is -1.18. The Morgan fingerprint density at radius 2 is 0.951 bits per heavy atom. The molecule has 0 saturated carbocycles. The van der Waals surface area contributed by atoms with Gasteiger partial charge in [0.15, 0.2) is 0 Å². The average Bonchev–Trinajstić information content (AvgIpc) is 3.50. The standard InChI is InChI=1S/C30H9F4N7/c1-13-21(31)2-14(3-22(13)32)29-27(16(8-35)9-36)18-6-26-19(7-25(18)40-29)28(17(10-37)11-38)30(41-26)15-4-23(33)20(12-39)24(34)5-15/h2-7H,1H3. The van der Waals surface area contributed by atoms with E-state index in [9.17, 15) is 38.6 Å². The van der Waals surface area contributed by atoms with Crippen LogP contribution in [0.25, 0.3) is 11.1 Å². The van der Waals surface area contributed by atoms with Crippen LogP contribution >= 0.6 is 0 Å². The van der Waals surface area contributed by atoms with Gasteiger partial charge in [0, 0.05) is 39.0 Å². The summed E-state index contributed by atoms with van der Waals surface area (Å²) < 4.78 is 57.8. The molecule has 0 amide bonds. The van der Waals surface area contributed by atoms with E-state index in [2.05, 4.69) is 9.98 Å². The highest BCUT2D eigenvalue weighted by Gasteiger charge is 2.33. The molecule has 2 aliphatic heterocycles. The number of rotatable bonds is 2. The Labute approximate surface area is 229 Å². The molecule has 0 N–H and O–H groups in total. The Morgan fingerprint density at radius 3 is 1.29 bits per heavy atom. The summed E-state index contributed by atoms with van der Waals surface area (Å²) in [6, 6.07) is 14.9. The van der Waals surface area contributed by atoms with Crippen molar-refractivity contribution in [3.8, 4) is 30.3 Å². The van der Waals surface area contributed by atoms with E-state index in [0.717, 1.165) is 24.3 Å². The smallest absolute Gasteiger partial charge is 0.144 e. The predicted octanol–water partition coefficient (Wildman–Crippen LogP) is 6.29. The topological polar surface area (TPSA) is 144 Å². The Kier molecular flexibility index (Phi) is 6.25. The molecule has 41 heavy (non-hydrogen) atoms. The van der Waals surface area contributed by atoms with Crippen molar-refractivity contribution in [3.05, 3.63) is 104 Å². The van der Waals surface area contributed by atoms with Crippen LogP contribution in [0.2, 0.25) is 0 Å². The molecular formula is C30H9F4N7. The number of nitrogens with zero attached hydrogens (tertiary/aromatic N) is 7. The molecule has 2 heterocycles. The first-order valence-corrected chi connectivity index (χ1v) is 11.5. The van der Waals surface area contributed by atoms with E-state index in [0.29, 0.717) is 0 Å². The summed E-state index contributed by atoms with van der Waals surface area (Å²) in [7, 11) is 0. The zero-order valence-corrected chi connectivity index (χ0v) is 20.6. The van der Waals surface area contributed by atoms with E-state index in [1.54, 1.807) is 24.3 Å². The number of nitriles is 5. The largest absolute Gasteiger partial charge is 0.247 e. The number of hydrogen-bond donors (Lipinski definition) is 0. The van der Waals surface area contributed by atoms with E-state index < -0.39 is 40.0 Å². The lowest BCUT2D eigenvalue weighted by Crippen LogP contribution is -2.05. The number of hydrogen-bond acceptors (Lipinski definition) is 7. The van der Waals surface area contributed by atoms with E-state index in [4.69, 9.17) is 5.26 Å². The molecule has 0 spiro atoms. The van der Waals surface area contributed by atoms with Crippen LogP contribution in [0.5, 0.6) is 0 Å². The number of halogens is 4. The van der Waals surface area contributed by atoms with Gasteiger partial charge in [-0.15, -0.1) is 0 Å². The van der Waals surface area contributed by atoms with Crippen LogP contribution < -0.4 is 0 Å². The van der Waals surface area contributed by atoms with Crippen LogP contribution in [0.4, 0.5) is 28.9 Å². The maximum atomic E-state index is 14.5. The van der Waals surface area contributed by atoms with Crippen molar-refractivity contribution in [2.45, 2.75) is 6.92 Å². The minimum absolute atomic E-state index is 0.0270. The Morgan fingerprint density at radius 1 is 0.585 bits per heavy atom. The lowest BCUT2D eigenvalue weighted by Gasteiger charge is -2.09. The minimum Gasteiger partial charge on any atom is -0.247 e. The highest BCUT2D eigenvalue weighted by atomic mass is 19.1. The van der Waals surface area contributed by atoms with Gasteiger partial charge in [-0.1, -0.05) is 0 Å². The van der Waals surface area contributed by atoms with Gasteiger partial charge >= 0.3 is 0 Å². The molecule has 0 atom stereocenters. The van der Waals surface area contributed by atoms with Gasteiger partial charge in [-0.3, -0.25) is 0 Å². The molecule has 0 fully saturated rings. The second-order valence-corrected chi connectivity index (χ2v) is 8.75.